The minimum Gasteiger partial charge on any atom is -0.455 e. The lowest BCUT2D eigenvalue weighted by molar-refractivity contribution is -0.152. The minimum atomic E-state index is -0.970. The third-order valence-corrected chi connectivity index (χ3v) is 5.54. The predicted molar refractivity (Wildman–Crippen MR) is 85.6 cm³/mol. The van der Waals surface area contributed by atoms with Crippen LogP contribution in [0.4, 0.5) is 0 Å². The summed E-state index contributed by atoms with van der Waals surface area (Å²) >= 11 is 0. The van der Waals surface area contributed by atoms with Gasteiger partial charge in [0.05, 0.1) is 0 Å². The van der Waals surface area contributed by atoms with Crippen molar-refractivity contribution in [2.45, 2.75) is 45.5 Å². The average Bonchev–Trinajstić information content (AvgIpc) is 2.85. The summed E-state index contributed by atoms with van der Waals surface area (Å²) in [5.41, 5.74) is 0.0112. The predicted octanol–water partition coefficient (Wildman–Crippen LogP) is 2.53. The van der Waals surface area contributed by atoms with Crippen LogP contribution >= 0.6 is 0 Å². The van der Waals surface area contributed by atoms with Gasteiger partial charge in [-0.15, -0.1) is 0 Å². The Morgan fingerprint density at radius 2 is 2.04 bits per heavy atom. The summed E-state index contributed by atoms with van der Waals surface area (Å²) in [6.45, 7) is 6.29. The summed E-state index contributed by atoms with van der Waals surface area (Å²) in [6.07, 6.45) is 1.46. The number of benzene rings is 1. The number of nitrogens with zero attached hydrogens (tertiary/aromatic N) is 1. The lowest BCUT2D eigenvalue weighted by atomic mass is 9.59. The first-order chi connectivity index (χ1) is 10.8. The van der Waals surface area contributed by atoms with E-state index in [1.807, 2.05) is 30.3 Å². The number of fused-ring (bicyclic) bond motifs is 1. The van der Waals surface area contributed by atoms with Crippen LogP contribution in [0.1, 0.15) is 32.8 Å². The number of esters is 1. The first-order valence-corrected chi connectivity index (χ1v) is 7.95. The van der Waals surface area contributed by atoms with E-state index in [0.29, 0.717) is 6.61 Å². The Bertz CT molecular complexity index is 609. The molecule has 2 unspecified atom stereocenters. The zero-order valence-corrected chi connectivity index (χ0v) is 13.7. The molecule has 23 heavy (non-hydrogen) atoms. The number of oxime groups is 1. The Morgan fingerprint density at radius 3 is 2.61 bits per heavy atom. The fourth-order valence-corrected chi connectivity index (χ4v) is 4.19. The van der Waals surface area contributed by atoms with Gasteiger partial charge in [-0.05, 0) is 30.2 Å². The summed E-state index contributed by atoms with van der Waals surface area (Å²) in [7, 11) is 0. The molecule has 3 saturated carbocycles. The van der Waals surface area contributed by atoms with Gasteiger partial charge in [-0.25, -0.2) is 4.79 Å². The largest absolute Gasteiger partial charge is 0.455 e. The van der Waals surface area contributed by atoms with Crippen molar-refractivity contribution in [1.29, 1.82) is 0 Å². The molecule has 124 valence electrons. The van der Waals surface area contributed by atoms with E-state index in [0.717, 1.165) is 18.2 Å². The van der Waals surface area contributed by atoms with E-state index in [-0.39, 0.29) is 17.3 Å². The Labute approximate surface area is 136 Å². The van der Waals surface area contributed by atoms with Gasteiger partial charge in [0.15, 0.2) is 6.21 Å². The van der Waals surface area contributed by atoms with Gasteiger partial charge in [-0.2, -0.15) is 0 Å². The van der Waals surface area contributed by atoms with Gasteiger partial charge < -0.3 is 14.7 Å². The molecule has 0 radical (unpaired) electrons. The van der Waals surface area contributed by atoms with Crippen LogP contribution in [0.2, 0.25) is 0 Å². The highest BCUT2D eigenvalue weighted by atomic mass is 16.6. The van der Waals surface area contributed by atoms with E-state index in [1.165, 1.54) is 0 Å². The summed E-state index contributed by atoms with van der Waals surface area (Å²) in [4.78, 5) is 17.0. The first kappa shape index (κ1) is 16.0. The van der Waals surface area contributed by atoms with E-state index in [9.17, 15) is 9.90 Å². The van der Waals surface area contributed by atoms with E-state index in [2.05, 4.69) is 19.0 Å². The highest BCUT2D eigenvalue weighted by molar-refractivity contribution is 6.23. The van der Waals surface area contributed by atoms with Gasteiger partial charge in [0, 0.05) is 5.92 Å². The van der Waals surface area contributed by atoms with Gasteiger partial charge in [0.25, 0.3) is 0 Å². The van der Waals surface area contributed by atoms with Crippen molar-refractivity contribution in [3.63, 3.8) is 0 Å². The van der Waals surface area contributed by atoms with Gasteiger partial charge in [-0.3, -0.25) is 0 Å². The molecule has 2 bridgehead atoms. The fourth-order valence-electron chi connectivity index (χ4n) is 4.19. The van der Waals surface area contributed by atoms with Crippen molar-refractivity contribution in [1.82, 2.24) is 0 Å². The normalized spacial score (nSPS) is 34.2. The molecular formula is C18H23NO4. The molecule has 1 N–H and O–H groups in total. The zero-order valence-electron chi connectivity index (χ0n) is 13.7. The van der Waals surface area contributed by atoms with Gasteiger partial charge >= 0.3 is 5.97 Å². The number of rotatable bonds is 5. The first-order valence-electron chi connectivity index (χ1n) is 7.95. The topological polar surface area (TPSA) is 68.1 Å². The Morgan fingerprint density at radius 1 is 1.35 bits per heavy atom. The third kappa shape index (κ3) is 2.74. The Kier molecular flexibility index (Phi) is 3.92. The second-order valence-electron chi connectivity index (χ2n) is 7.29. The molecule has 0 saturated heterocycles. The highest BCUT2D eigenvalue weighted by Crippen LogP contribution is 2.66. The minimum absolute atomic E-state index is 0.00932. The van der Waals surface area contributed by atoms with Crippen LogP contribution in [-0.2, 0) is 21.0 Å². The molecule has 1 aromatic carbocycles. The maximum atomic E-state index is 11.9. The summed E-state index contributed by atoms with van der Waals surface area (Å²) in [5, 5.41) is 14.3. The molecule has 0 spiro atoms. The van der Waals surface area contributed by atoms with Gasteiger partial charge in [0.1, 0.15) is 18.3 Å². The van der Waals surface area contributed by atoms with Crippen molar-refractivity contribution in [3.8, 4) is 0 Å². The van der Waals surface area contributed by atoms with Crippen molar-refractivity contribution < 1.29 is 19.5 Å². The number of hydrogen-bond acceptors (Lipinski definition) is 5. The van der Waals surface area contributed by atoms with Gasteiger partial charge in [-0.1, -0.05) is 49.3 Å². The van der Waals surface area contributed by atoms with Crippen LogP contribution in [0.25, 0.3) is 0 Å². The molecule has 3 aliphatic carbocycles. The van der Waals surface area contributed by atoms with Crippen molar-refractivity contribution >= 4 is 12.2 Å². The number of hydrogen-bond donors (Lipinski definition) is 1. The number of carbonyl (C=O) groups excluding carboxylic acids is 1. The monoisotopic (exact) mass is 317 g/mol. The van der Waals surface area contributed by atoms with E-state index >= 15 is 0 Å². The molecule has 5 heteroatoms. The maximum Gasteiger partial charge on any atom is 0.353 e. The third-order valence-electron chi connectivity index (χ3n) is 5.54. The molecule has 3 aliphatic rings. The number of carbonyl (C=O) groups is 1. The molecule has 0 amide bonds. The number of ether oxygens (including phenoxy) is 1. The summed E-state index contributed by atoms with van der Waals surface area (Å²) in [6, 6.07) is 9.57. The number of aliphatic hydroxyl groups is 1. The second-order valence-corrected chi connectivity index (χ2v) is 7.29. The standard InChI is InChI=1S/C18H23NO4/c1-17(2)13-9-14(17)18(3,21)16(13)23-15(20)10-19-22-11-12-7-5-4-6-8-12/h4-8,10,13-14,16,21H,9,11H2,1-3H3/b19-10+/t13?,14?,16-,18+/m0/s1. The van der Waals surface area contributed by atoms with Gasteiger partial charge in [0.2, 0.25) is 0 Å². The maximum absolute atomic E-state index is 11.9. The van der Waals surface area contributed by atoms with Crippen molar-refractivity contribution in [2.75, 3.05) is 0 Å². The van der Waals surface area contributed by atoms with Crippen molar-refractivity contribution in [2.24, 2.45) is 22.4 Å². The molecule has 5 nitrogen and oxygen atoms in total. The van der Waals surface area contributed by atoms with Crippen LogP contribution in [0, 0.1) is 17.3 Å². The Balaban J connectivity index is 1.51. The zero-order chi connectivity index (χ0) is 16.7. The van der Waals surface area contributed by atoms with E-state index < -0.39 is 17.7 Å². The molecule has 4 rings (SSSR count). The highest BCUT2D eigenvalue weighted by Gasteiger charge is 2.71. The van der Waals surface area contributed by atoms with Crippen LogP contribution in [0.3, 0.4) is 0 Å². The van der Waals surface area contributed by atoms with E-state index in [1.54, 1.807) is 6.92 Å². The van der Waals surface area contributed by atoms with Crippen molar-refractivity contribution in [3.05, 3.63) is 35.9 Å². The van der Waals surface area contributed by atoms with Crippen LogP contribution in [-0.4, -0.2) is 29.0 Å². The molecule has 0 aliphatic heterocycles. The molecule has 0 aromatic heterocycles. The molecule has 4 atom stereocenters. The summed E-state index contributed by atoms with van der Waals surface area (Å²) < 4.78 is 5.45. The smallest absolute Gasteiger partial charge is 0.353 e. The van der Waals surface area contributed by atoms with Crippen LogP contribution in [0.15, 0.2) is 35.5 Å². The van der Waals surface area contributed by atoms with Crippen LogP contribution in [0.5, 0.6) is 0 Å². The lowest BCUT2D eigenvalue weighted by Crippen LogP contribution is -2.43. The quantitative estimate of drug-likeness (QED) is 0.515. The fraction of sp³-hybridized carbons (Fsp3) is 0.556. The average molecular weight is 317 g/mol. The SMILES string of the molecule is CC1(C)C2CC1[C@@](C)(O)[C@H]2OC(=O)/C=N/OCc1ccccc1. The van der Waals surface area contributed by atoms with E-state index in [4.69, 9.17) is 9.57 Å². The lowest BCUT2D eigenvalue weighted by Gasteiger charge is -2.45. The molecular weight excluding hydrogens is 294 g/mol. The Hall–Kier alpha value is -1.88. The molecule has 0 heterocycles. The molecule has 3 fully saturated rings. The van der Waals surface area contributed by atoms with Crippen LogP contribution < -0.4 is 0 Å². The summed E-state index contributed by atoms with van der Waals surface area (Å²) in [5.74, 6) is -0.208. The second kappa shape index (κ2) is 5.64. The molecule has 1 aromatic rings.